The Hall–Kier alpha value is -3.48. The quantitative estimate of drug-likeness (QED) is 0.244. The molecular weight excluding hydrogens is 497 g/mol. The van der Waals surface area contributed by atoms with E-state index in [1.165, 1.54) is 0 Å². The molecule has 186 valence electrons. The molecule has 1 heterocycles. The minimum absolute atomic E-state index is 0.0199. The van der Waals surface area contributed by atoms with Gasteiger partial charge in [0.05, 0.1) is 16.1 Å². The lowest BCUT2D eigenvalue weighted by molar-refractivity contribution is -0.127. The van der Waals surface area contributed by atoms with Gasteiger partial charge in [0.2, 0.25) is 5.91 Å². The minimum atomic E-state index is -1.29. The number of aromatic amines is 1. The fourth-order valence-electron chi connectivity index (χ4n) is 4.06. The van der Waals surface area contributed by atoms with Crippen LogP contribution in [0.25, 0.3) is 10.9 Å². The van der Waals surface area contributed by atoms with E-state index in [1.54, 1.807) is 25.1 Å². The van der Waals surface area contributed by atoms with E-state index in [2.05, 4.69) is 15.6 Å². The van der Waals surface area contributed by atoms with Crippen molar-refractivity contribution in [2.75, 3.05) is 0 Å². The largest absolute Gasteiger partial charge is 0.445 e. The van der Waals surface area contributed by atoms with Crippen LogP contribution in [0.5, 0.6) is 0 Å². The molecule has 0 aliphatic rings. The number of carbonyl (C=O) groups is 2. The first kappa shape index (κ1) is 25.6. The monoisotopic (exact) mass is 523 g/mol. The van der Waals surface area contributed by atoms with Crippen molar-refractivity contribution in [2.24, 2.45) is 0 Å². The summed E-state index contributed by atoms with van der Waals surface area (Å²) in [5.74, 6) is -0.323. The molecule has 0 saturated heterocycles. The molecule has 0 saturated carbocycles. The molecule has 0 fully saturated rings. The van der Waals surface area contributed by atoms with Crippen LogP contribution in [0.2, 0.25) is 10.0 Å². The summed E-state index contributed by atoms with van der Waals surface area (Å²) in [6, 6.07) is 22.2. The molecule has 8 heteroatoms. The van der Waals surface area contributed by atoms with Crippen LogP contribution < -0.4 is 10.6 Å². The summed E-state index contributed by atoms with van der Waals surface area (Å²) in [6.07, 6.45) is 1.40. The average molecular weight is 524 g/mol. The number of aromatic nitrogens is 1. The summed E-state index contributed by atoms with van der Waals surface area (Å²) in [5.41, 5.74) is 2.21. The number of carbonyl (C=O) groups excluding carboxylic acids is 2. The molecule has 4 rings (SSSR count). The van der Waals surface area contributed by atoms with Crippen molar-refractivity contribution in [2.45, 2.75) is 38.5 Å². The molecule has 3 aromatic carbocycles. The number of halogens is 2. The van der Waals surface area contributed by atoms with Gasteiger partial charge in [-0.15, -0.1) is 0 Å². The molecule has 2 atom stereocenters. The first-order chi connectivity index (χ1) is 17.2. The highest BCUT2D eigenvalue weighted by Gasteiger charge is 2.37. The first-order valence-corrected chi connectivity index (χ1v) is 12.3. The van der Waals surface area contributed by atoms with E-state index in [4.69, 9.17) is 27.9 Å². The van der Waals surface area contributed by atoms with E-state index < -0.39 is 11.6 Å². The molecule has 6 nitrogen and oxygen atoms in total. The lowest BCUT2D eigenvalue weighted by Gasteiger charge is -2.31. The molecule has 0 aliphatic carbocycles. The van der Waals surface area contributed by atoms with E-state index in [1.807, 2.05) is 67.7 Å². The highest BCUT2D eigenvalue weighted by Crippen LogP contribution is 2.25. The Bertz CT molecular complexity index is 1370. The van der Waals surface area contributed by atoms with Crippen molar-refractivity contribution >= 4 is 46.1 Å². The standard InChI is InChI=1S/C28H27Cl2N3O3/c1-18(20-8-4-3-5-9-20)32-26(34)28(2,15-21-16-31-25-11-7-6-10-22(21)25)33-27(35)36-17-19-12-13-23(29)24(30)14-19/h3-14,16,18,31H,15,17H2,1-2H3,(H,32,34)(H,33,35)/t18-,28+/m0/s1. The smallest absolute Gasteiger partial charge is 0.408 e. The molecule has 0 unspecified atom stereocenters. The molecular formula is C28H27Cl2N3O3. The topological polar surface area (TPSA) is 83.2 Å². The molecule has 4 aromatic rings. The maximum Gasteiger partial charge on any atom is 0.408 e. The third-order valence-corrected chi connectivity index (χ3v) is 6.84. The van der Waals surface area contributed by atoms with Gasteiger partial charge in [-0.1, -0.05) is 77.8 Å². The fourth-order valence-corrected chi connectivity index (χ4v) is 4.38. The van der Waals surface area contributed by atoms with E-state index >= 15 is 0 Å². The number of fused-ring (bicyclic) bond motifs is 1. The summed E-state index contributed by atoms with van der Waals surface area (Å²) in [4.78, 5) is 29.7. The Kier molecular flexibility index (Phi) is 7.87. The Labute approximate surface area is 219 Å². The number of ether oxygens (including phenoxy) is 1. The van der Waals surface area contributed by atoms with Gasteiger partial charge < -0.3 is 20.4 Å². The zero-order valence-corrected chi connectivity index (χ0v) is 21.5. The summed E-state index contributed by atoms with van der Waals surface area (Å²) in [7, 11) is 0. The van der Waals surface area contributed by atoms with Crippen LogP contribution in [0.3, 0.4) is 0 Å². The number of H-pyrrole nitrogens is 1. The van der Waals surface area contributed by atoms with Gasteiger partial charge in [0.15, 0.2) is 0 Å². The van der Waals surface area contributed by atoms with Crippen molar-refractivity contribution < 1.29 is 14.3 Å². The third kappa shape index (κ3) is 6.01. The highest BCUT2D eigenvalue weighted by atomic mass is 35.5. The van der Waals surface area contributed by atoms with E-state index in [0.29, 0.717) is 15.6 Å². The summed E-state index contributed by atoms with van der Waals surface area (Å²) < 4.78 is 5.43. The van der Waals surface area contributed by atoms with Crippen LogP contribution in [0, 0.1) is 0 Å². The summed E-state index contributed by atoms with van der Waals surface area (Å²) in [6.45, 7) is 3.58. The van der Waals surface area contributed by atoms with Crippen LogP contribution in [0.4, 0.5) is 4.79 Å². The Morgan fingerprint density at radius 2 is 1.72 bits per heavy atom. The van der Waals surface area contributed by atoms with Crippen molar-refractivity contribution in [1.29, 1.82) is 0 Å². The third-order valence-electron chi connectivity index (χ3n) is 6.10. The number of para-hydroxylation sites is 1. The summed E-state index contributed by atoms with van der Waals surface area (Å²) >= 11 is 12.0. The molecule has 3 N–H and O–H groups in total. The van der Waals surface area contributed by atoms with Crippen molar-refractivity contribution in [3.05, 3.63) is 106 Å². The van der Waals surface area contributed by atoms with Gasteiger partial charge in [0.1, 0.15) is 12.1 Å². The maximum atomic E-state index is 13.6. The first-order valence-electron chi connectivity index (χ1n) is 11.5. The lowest BCUT2D eigenvalue weighted by Crippen LogP contribution is -2.58. The maximum absolute atomic E-state index is 13.6. The average Bonchev–Trinajstić information content (AvgIpc) is 3.27. The van der Waals surface area contributed by atoms with Gasteiger partial charge in [-0.25, -0.2) is 4.79 Å². The Morgan fingerprint density at radius 1 is 1.00 bits per heavy atom. The molecule has 0 bridgehead atoms. The SMILES string of the molecule is C[C@H](NC(=O)[C@@](C)(Cc1c[nH]c2ccccc12)NC(=O)OCc1ccc(Cl)c(Cl)c1)c1ccccc1. The van der Waals surface area contributed by atoms with Gasteiger partial charge in [-0.3, -0.25) is 4.79 Å². The Balaban J connectivity index is 1.53. The highest BCUT2D eigenvalue weighted by molar-refractivity contribution is 6.42. The van der Waals surface area contributed by atoms with Crippen molar-refractivity contribution in [1.82, 2.24) is 15.6 Å². The van der Waals surface area contributed by atoms with E-state index in [0.717, 1.165) is 22.0 Å². The molecule has 0 aliphatic heterocycles. The second kappa shape index (κ2) is 11.1. The van der Waals surface area contributed by atoms with Gasteiger partial charge >= 0.3 is 6.09 Å². The number of alkyl carbamates (subject to hydrolysis) is 1. The van der Waals surface area contributed by atoms with E-state index in [-0.39, 0.29) is 25.0 Å². The molecule has 1 aromatic heterocycles. The zero-order valence-electron chi connectivity index (χ0n) is 20.0. The lowest BCUT2D eigenvalue weighted by atomic mass is 9.91. The Morgan fingerprint density at radius 3 is 2.47 bits per heavy atom. The number of rotatable bonds is 8. The normalized spacial score (nSPS) is 13.6. The van der Waals surface area contributed by atoms with Crippen LogP contribution in [0.1, 0.15) is 36.6 Å². The van der Waals surface area contributed by atoms with E-state index in [9.17, 15) is 9.59 Å². The van der Waals surface area contributed by atoms with Crippen LogP contribution in [-0.2, 0) is 22.6 Å². The molecule has 0 spiro atoms. The second-order valence-electron chi connectivity index (χ2n) is 8.92. The summed E-state index contributed by atoms with van der Waals surface area (Å²) in [5, 5.41) is 7.62. The number of hydrogen-bond donors (Lipinski definition) is 3. The van der Waals surface area contributed by atoms with Crippen molar-refractivity contribution in [3.8, 4) is 0 Å². The molecule has 2 amide bonds. The fraction of sp³-hybridized carbons (Fsp3) is 0.214. The number of nitrogens with one attached hydrogen (secondary N) is 3. The number of hydrogen-bond acceptors (Lipinski definition) is 3. The van der Waals surface area contributed by atoms with Crippen molar-refractivity contribution in [3.63, 3.8) is 0 Å². The number of amides is 2. The minimum Gasteiger partial charge on any atom is -0.445 e. The molecule has 0 radical (unpaired) electrons. The van der Waals surface area contributed by atoms with Gasteiger partial charge in [-0.05, 0) is 48.7 Å². The zero-order chi connectivity index (χ0) is 25.7. The predicted molar refractivity (Wildman–Crippen MR) is 143 cm³/mol. The molecule has 36 heavy (non-hydrogen) atoms. The second-order valence-corrected chi connectivity index (χ2v) is 9.74. The predicted octanol–water partition coefficient (Wildman–Crippen LogP) is 6.58. The van der Waals surface area contributed by atoms with Gasteiger partial charge in [-0.2, -0.15) is 0 Å². The van der Waals surface area contributed by atoms with Crippen LogP contribution in [0.15, 0.2) is 79.0 Å². The van der Waals surface area contributed by atoms with Gasteiger partial charge in [0.25, 0.3) is 0 Å². The van der Waals surface area contributed by atoms with Gasteiger partial charge in [0, 0.05) is 23.5 Å². The van der Waals surface area contributed by atoms with Crippen LogP contribution in [-0.4, -0.2) is 22.5 Å². The number of benzene rings is 3. The van der Waals surface area contributed by atoms with Crippen LogP contribution >= 0.6 is 23.2 Å².